The number of alkyl halides is 10. The zero-order chi connectivity index (χ0) is 41.7. The summed E-state index contributed by atoms with van der Waals surface area (Å²) in [4.78, 5) is 42.3. The maximum absolute atomic E-state index is 15.2. The van der Waals surface area contributed by atoms with E-state index >= 15 is 13.2 Å². The molecular formula is C39H38F10N4O4. The molecule has 57 heavy (non-hydrogen) atoms. The highest BCUT2D eigenvalue weighted by molar-refractivity contribution is 6.02. The van der Waals surface area contributed by atoms with Crippen molar-refractivity contribution >= 4 is 33.6 Å². The molecule has 18 heteroatoms. The molecule has 6 rings (SSSR count). The van der Waals surface area contributed by atoms with Crippen molar-refractivity contribution in [3.05, 3.63) is 81.6 Å². The molecular weight excluding hydrogens is 778 g/mol. The van der Waals surface area contributed by atoms with E-state index in [1.165, 1.54) is 55.6 Å². The molecule has 308 valence electrons. The predicted octanol–water partition coefficient (Wildman–Crippen LogP) is 7.63. The minimum Gasteiger partial charge on any atom is -0.480 e. The number of benzene rings is 3. The summed E-state index contributed by atoms with van der Waals surface area (Å²) in [5.74, 6) is -3.47. The number of pyridine rings is 1. The lowest BCUT2D eigenvalue weighted by atomic mass is 9.76. The Balaban J connectivity index is 1.37. The van der Waals surface area contributed by atoms with Gasteiger partial charge in [-0.25, -0.2) is 9.18 Å². The number of aryl methyl sites for hydroxylation is 1. The molecule has 0 aliphatic carbocycles. The molecule has 4 aromatic rings. The molecule has 2 aliphatic heterocycles. The van der Waals surface area contributed by atoms with Crippen LogP contribution in [-0.4, -0.2) is 88.6 Å². The number of carboxylic acids is 1. The summed E-state index contributed by atoms with van der Waals surface area (Å²) in [6.45, 7) is -1.86. The fourth-order valence-corrected chi connectivity index (χ4v) is 8.03. The van der Waals surface area contributed by atoms with Gasteiger partial charge in [-0.15, -0.1) is 0 Å². The molecule has 0 bridgehead atoms. The minimum atomic E-state index is -5.24. The number of carboxylic acid groups (broad SMARTS) is 1. The van der Waals surface area contributed by atoms with E-state index < -0.39 is 104 Å². The van der Waals surface area contributed by atoms with Gasteiger partial charge in [0.15, 0.2) is 0 Å². The Morgan fingerprint density at radius 2 is 1.49 bits per heavy atom. The third kappa shape index (κ3) is 8.61. The number of nitrogens with zero attached hydrogens (tertiary/aromatic N) is 3. The number of amides is 1. The van der Waals surface area contributed by atoms with E-state index in [-0.39, 0.29) is 39.3 Å². The number of hydrogen-bond donors (Lipinski definition) is 2. The highest BCUT2D eigenvalue weighted by atomic mass is 19.4. The standard InChI is InChI=1S/C39H38F10N4O4/c1-51-30-9-8-22(20-52-14-10-24(40)11-15-52)18-28(30)32(38(44,45)46)31(33(51)54)27-7-3-5-25-23(4-2-6-26(25)27)19-29(34(55)56)50-35(57)36(39(47,48)49)12-16-53(17-13-36)21-37(41,42)43/h2-9,18,24,29H,10-17,19-21H2,1H3,(H,50,57)(H,55,56)/t29-/m0/s1. The van der Waals surface area contributed by atoms with Crippen LogP contribution in [0.25, 0.3) is 32.8 Å². The molecule has 1 amide bonds. The molecule has 2 aliphatic rings. The monoisotopic (exact) mass is 816 g/mol. The van der Waals surface area contributed by atoms with E-state index in [1.54, 1.807) is 6.07 Å². The highest BCUT2D eigenvalue weighted by Crippen LogP contribution is 2.47. The summed E-state index contributed by atoms with van der Waals surface area (Å²) in [6.07, 6.45) is -18.1. The largest absolute Gasteiger partial charge is 0.480 e. The van der Waals surface area contributed by atoms with Gasteiger partial charge in [0.1, 0.15) is 17.6 Å². The Bertz CT molecular complexity index is 2220. The van der Waals surface area contributed by atoms with Crippen LogP contribution in [0.15, 0.2) is 59.4 Å². The summed E-state index contributed by atoms with van der Waals surface area (Å²) in [5, 5.41) is 12.0. The Kier molecular flexibility index (Phi) is 11.4. The topological polar surface area (TPSA) is 94.9 Å². The van der Waals surface area contributed by atoms with Crippen molar-refractivity contribution in [2.75, 3.05) is 32.7 Å². The van der Waals surface area contributed by atoms with E-state index in [2.05, 4.69) is 0 Å². The Hall–Kier alpha value is -4.71. The predicted molar refractivity (Wildman–Crippen MR) is 190 cm³/mol. The SMILES string of the molecule is Cn1c(=O)c(-c2cccc3c(C[C@H](NC(=O)C4(C(F)(F)F)CCN(CC(F)(F)F)CC4)C(=O)O)cccc23)c(C(F)(F)F)c2cc(CN3CCC(F)CC3)ccc21. The summed E-state index contributed by atoms with van der Waals surface area (Å²) in [6, 6.07) is 10.6. The zero-order valence-electron chi connectivity index (χ0n) is 30.4. The maximum Gasteiger partial charge on any atom is 0.417 e. The Labute approximate surface area is 319 Å². The van der Waals surface area contributed by atoms with Gasteiger partial charge in [-0.3, -0.25) is 19.4 Å². The number of rotatable bonds is 9. The number of carbonyl (C=O) groups is 2. The molecule has 0 saturated carbocycles. The quantitative estimate of drug-likeness (QED) is 0.169. The molecule has 1 aromatic heterocycles. The number of aromatic nitrogens is 1. The van der Waals surface area contributed by atoms with Crippen LogP contribution in [0, 0.1) is 5.41 Å². The number of hydrogen-bond acceptors (Lipinski definition) is 5. The van der Waals surface area contributed by atoms with Crippen LogP contribution in [0.3, 0.4) is 0 Å². The number of aliphatic carboxylic acids is 1. The van der Waals surface area contributed by atoms with Gasteiger partial charge in [-0.1, -0.05) is 42.5 Å². The fraction of sp³-hybridized carbons (Fsp3) is 0.462. The van der Waals surface area contributed by atoms with Gasteiger partial charge in [0.05, 0.1) is 23.2 Å². The minimum absolute atomic E-state index is 0.00548. The molecule has 3 heterocycles. The second kappa shape index (κ2) is 15.6. The molecule has 2 fully saturated rings. The van der Waals surface area contributed by atoms with E-state index in [0.717, 1.165) is 9.47 Å². The number of halogens is 10. The average Bonchev–Trinajstić information content (AvgIpc) is 3.12. The molecule has 0 spiro atoms. The molecule has 0 unspecified atom stereocenters. The molecule has 0 radical (unpaired) electrons. The third-order valence-electron chi connectivity index (χ3n) is 11.1. The number of fused-ring (bicyclic) bond motifs is 2. The van der Waals surface area contributed by atoms with Crippen LogP contribution in [0.4, 0.5) is 43.9 Å². The van der Waals surface area contributed by atoms with Crippen molar-refractivity contribution in [1.29, 1.82) is 0 Å². The van der Waals surface area contributed by atoms with Crippen LogP contribution in [-0.2, 0) is 35.8 Å². The van der Waals surface area contributed by atoms with Crippen molar-refractivity contribution in [2.24, 2.45) is 12.5 Å². The summed E-state index contributed by atoms with van der Waals surface area (Å²) in [7, 11) is 1.32. The molecule has 8 nitrogen and oxygen atoms in total. The lowest BCUT2D eigenvalue weighted by Gasteiger charge is -2.42. The number of carbonyl (C=O) groups excluding carboxylic acids is 1. The first-order valence-corrected chi connectivity index (χ1v) is 18.1. The summed E-state index contributed by atoms with van der Waals surface area (Å²) < 4.78 is 142. The van der Waals surface area contributed by atoms with Crippen LogP contribution < -0.4 is 10.9 Å². The van der Waals surface area contributed by atoms with E-state index in [0.29, 0.717) is 31.5 Å². The van der Waals surface area contributed by atoms with Crippen molar-refractivity contribution in [1.82, 2.24) is 19.7 Å². The second-order valence-electron chi connectivity index (χ2n) is 14.8. The van der Waals surface area contributed by atoms with Crippen molar-refractivity contribution in [3.8, 4) is 11.1 Å². The van der Waals surface area contributed by atoms with E-state index in [9.17, 15) is 50.2 Å². The van der Waals surface area contributed by atoms with Crippen LogP contribution >= 0.6 is 0 Å². The number of piperidine rings is 2. The molecule has 2 N–H and O–H groups in total. The molecule has 2 saturated heterocycles. The normalized spacial score (nSPS) is 18.2. The first-order valence-electron chi connectivity index (χ1n) is 18.1. The second-order valence-corrected chi connectivity index (χ2v) is 14.8. The van der Waals surface area contributed by atoms with Gasteiger partial charge >= 0.3 is 24.5 Å². The number of nitrogens with one attached hydrogen (secondary N) is 1. The van der Waals surface area contributed by atoms with Crippen molar-refractivity contribution in [2.45, 2.75) is 69.4 Å². The van der Waals surface area contributed by atoms with Gasteiger partial charge in [0.25, 0.3) is 5.56 Å². The van der Waals surface area contributed by atoms with Gasteiger partial charge in [-0.2, -0.15) is 39.5 Å². The fourth-order valence-electron chi connectivity index (χ4n) is 8.03. The highest BCUT2D eigenvalue weighted by Gasteiger charge is 2.61. The van der Waals surface area contributed by atoms with E-state index in [4.69, 9.17) is 0 Å². The molecule has 1 atom stereocenters. The third-order valence-corrected chi connectivity index (χ3v) is 11.1. The lowest BCUT2D eigenvalue weighted by Crippen LogP contribution is -2.59. The van der Waals surface area contributed by atoms with Crippen molar-refractivity contribution in [3.63, 3.8) is 0 Å². The summed E-state index contributed by atoms with van der Waals surface area (Å²) >= 11 is 0. The van der Waals surface area contributed by atoms with Gasteiger partial charge < -0.3 is 15.0 Å². The molecule has 3 aromatic carbocycles. The average molecular weight is 817 g/mol. The smallest absolute Gasteiger partial charge is 0.417 e. The first-order chi connectivity index (χ1) is 26.6. The lowest BCUT2D eigenvalue weighted by molar-refractivity contribution is -0.236. The Morgan fingerprint density at radius 1 is 0.860 bits per heavy atom. The van der Waals surface area contributed by atoms with Gasteiger partial charge in [-0.05, 0) is 78.4 Å². The van der Waals surface area contributed by atoms with Crippen LogP contribution in [0.1, 0.15) is 42.4 Å². The maximum atomic E-state index is 15.2. The summed E-state index contributed by atoms with van der Waals surface area (Å²) in [5.41, 5.74) is -5.60. The van der Waals surface area contributed by atoms with Crippen LogP contribution in [0.5, 0.6) is 0 Å². The van der Waals surface area contributed by atoms with Crippen molar-refractivity contribution < 1.29 is 58.6 Å². The van der Waals surface area contributed by atoms with Gasteiger partial charge in [0.2, 0.25) is 5.91 Å². The van der Waals surface area contributed by atoms with Crippen LogP contribution in [0.2, 0.25) is 0 Å². The zero-order valence-corrected chi connectivity index (χ0v) is 30.4. The Morgan fingerprint density at radius 3 is 2.09 bits per heavy atom. The van der Waals surface area contributed by atoms with Gasteiger partial charge in [0, 0.05) is 38.5 Å². The van der Waals surface area contributed by atoms with E-state index in [1.807, 2.05) is 10.2 Å². The first kappa shape index (κ1) is 41.9. The number of likely N-dealkylation sites (tertiary alicyclic amines) is 2.